The van der Waals surface area contributed by atoms with Crippen molar-refractivity contribution in [2.75, 3.05) is 6.61 Å². The molecule has 106 valence electrons. The summed E-state index contributed by atoms with van der Waals surface area (Å²) in [4.78, 5) is 11.1. The fraction of sp³-hybridized carbons (Fsp3) is 0.923. The molecule has 2 unspecified atom stereocenters. The maximum atomic E-state index is 11.1. The molecule has 0 radical (unpaired) electrons. The van der Waals surface area contributed by atoms with E-state index in [9.17, 15) is 9.90 Å². The van der Waals surface area contributed by atoms with E-state index < -0.39 is 14.4 Å². The third-order valence-corrected chi connectivity index (χ3v) is 8.66. The van der Waals surface area contributed by atoms with Gasteiger partial charge < -0.3 is 14.8 Å². The predicted octanol–water partition coefficient (Wildman–Crippen LogP) is 2.04. The van der Waals surface area contributed by atoms with Crippen molar-refractivity contribution < 1.29 is 14.3 Å². The Hall–Kier alpha value is -0.393. The number of amides is 1. The van der Waals surface area contributed by atoms with Gasteiger partial charge in [0.2, 0.25) is 5.91 Å². The van der Waals surface area contributed by atoms with E-state index in [0.717, 1.165) is 19.4 Å². The molecule has 4 nitrogen and oxygen atoms in total. The number of carbonyl (C=O) groups is 1. The molecule has 0 aromatic carbocycles. The highest BCUT2D eigenvalue weighted by Gasteiger charge is 2.37. The summed E-state index contributed by atoms with van der Waals surface area (Å²) in [5.41, 5.74) is 0. The van der Waals surface area contributed by atoms with E-state index in [4.69, 9.17) is 4.43 Å². The lowest BCUT2D eigenvalue weighted by atomic mass is 10.1. The van der Waals surface area contributed by atoms with Crippen LogP contribution in [0.1, 0.15) is 40.0 Å². The second-order valence-corrected chi connectivity index (χ2v) is 11.5. The summed E-state index contributed by atoms with van der Waals surface area (Å²) >= 11 is 0. The molecule has 2 N–H and O–H groups in total. The molecule has 0 saturated carbocycles. The average molecular weight is 273 g/mol. The van der Waals surface area contributed by atoms with E-state index in [0.29, 0.717) is 6.42 Å². The van der Waals surface area contributed by atoms with Crippen LogP contribution in [0.25, 0.3) is 0 Å². The molecule has 1 rings (SSSR count). The molecule has 1 saturated heterocycles. The van der Waals surface area contributed by atoms with Crippen LogP contribution in [0, 0.1) is 0 Å². The van der Waals surface area contributed by atoms with E-state index in [1.54, 1.807) is 0 Å². The van der Waals surface area contributed by atoms with Crippen LogP contribution in [0.15, 0.2) is 0 Å². The van der Waals surface area contributed by atoms with Gasteiger partial charge in [-0.1, -0.05) is 20.8 Å². The first-order valence-electron chi connectivity index (χ1n) is 6.76. The number of aliphatic hydroxyl groups is 1. The summed E-state index contributed by atoms with van der Waals surface area (Å²) in [5.74, 6) is -0.231. The molecule has 1 fully saturated rings. The summed E-state index contributed by atoms with van der Waals surface area (Å²) < 4.78 is 6.07. The summed E-state index contributed by atoms with van der Waals surface area (Å²) in [6.45, 7) is 11.9. The Labute approximate surface area is 111 Å². The molecule has 5 heteroatoms. The molecular formula is C13H27NO3Si. The normalized spacial score (nSPS) is 25.3. The second-order valence-electron chi connectivity index (χ2n) is 6.71. The summed E-state index contributed by atoms with van der Waals surface area (Å²) in [6.07, 6.45) is 1.55. The Balaban J connectivity index is 2.22. The van der Waals surface area contributed by atoms with Crippen molar-refractivity contribution in [2.24, 2.45) is 0 Å². The topological polar surface area (TPSA) is 58.6 Å². The summed E-state index contributed by atoms with van der Waals surface area (Å²) in [6, 6.07) is 0.121. The summed E-state index contributed by atoms with van der Waals surface area (Å²) in [7, 11) is -1.65. The predicted molar refractivity (Wildman–Crippen MR) is 74.9 cm³/mol. The fourth-order valence-corrected chi connectivity index (χ4v) is 2.88. The van der Waals surface area contributed by atoms with Crippen LogP contribution in [0.3, 0.4) is 0 Å². The lowest BCUT2D eigenvalue weighted by Gasteiger charge is -2.36. The van der Waals surface area contributed by atoms with Gasteiger partial charge in [0.15, 0.2) is 8.32 Å². The van der Waals surface area contributed by atoms with Gasteiger partial charge in [-0.05, 0) is 31.0 Å². The van der Waals surface area contributed by atoms with Crippen molar-refractivity contribution in [1.29, 1.82) is 0 Å². The van der Waals surface area contributed by atoms with Crippen molar-refractivity contribution in [1.82, 2.24) is 5.32 Å². The Morgan fingerprint density at radius 3 is 2.50 bits per heavy atom. The van der Waals surface area contributed by atoms with E-state index >= 15 is 0 Å². The lowest BCUT2D eigenvalue weighted by Crippen LogP contribution is -2.41. The highest BCUT2D eigenvalue weighted by Crippen LogP contribution is 2.36. The molecule has 0 bridgehead atoms. The van der Waals surface area contributed by atoms with Crippen LogP contribution < -0.4 is 5.32 Å². The van der Waals surface area contributed by atoms with E-state index in [2.05, 4.69) is 39.2 Å². The zero-order valence-corrected chi connectivity index (χ0v) is 13.2. The van der Waals surface area contributed by atoms with Gasteiger partial charge in [-0.3, -0.25) is 4.79 Å². The smallest absolute Gasteiger partial charge is 0.249 e. The second kappa shape index (κ2) is 5.71. The first kappa shape index (κ1) is 15.7. The van der Waals surface area contributed by atoms with Crippen LogP contribution in [0.4, 0.5) is 0 Å². The monoisotopic (exact) mass is 273 g/mol. The van der Waals surface area contributed by atoms with Gasteiger partial charge in [-0.25, -0.2) is 0 Å². The number of hydrogen-bond acceptors (Lipinski definition) is 3. The van der Waals surface area contributed by atoms with Crippen LogP contribution in [-0.2, 0) is 9.22 Å². The van der Waals surface area contributed by atoms with Crippen LogP contribution in [0.2, 0.25) is 18.1 Å². The number of carbonyl (C=O) groups excluding carboxylic acids is 1. The minimum Gasteiger partial charge on any atom is -0.417 e. The van der Waals surface area contributed by atoms with Crippen molar-refractivity contribution in [2.45, 2.75) is 70.3 Å². The molecule has 1 aliphatic rings. The lowest BCUT2D eigenvalue weighted by molar-refractivity contribution is -0.126. The Kier molecular flexibility index (Phi) is 4.97. The van der Waals surface area contributed by atoms with E-state index in [-0.39, 0.29) is 17.0 Å². The highest BCUT2D eigenvalue weighted by molar-refractivity contribution is 6.74. The van der Waals surface area contributed by atoms with Gasteiger partial charge in [-0.2, -0.15) is 0 Å². The molecule has 0 aliphatic carbocycles. The highest BCUT2D eigenvalue weighted by atomic mass is 28.4. The van der Waals surface area contributed by atoms with Crippen molar-refractivity contribution in [3.63, 3.8) is 0 Å². The largest absolute Gasteiger partial charge is 0.417 e. The van der Waals surface area contributed by atoms with Gasteiger partial charge in [0.05, 0.1) is 0 Å². The van der Waals surface area contributed by atoms with Gasteiger partial charge in [0.25, 0.3) is 0 Å². The molecule has 1 heterocycles. The first-order valence-corrected chi connectivity index (χ1v) is 9.67. The van der Waals surface area contributed by atoms with Crippen molar-refractivity contribution >= 4 is 14.2 Å². The molecular weight excluding hydrogens is 246 g/mol. The van der Waals surface area contributed by atoms with Gasteiger partial charge >= 0.3 is 0 Å². The van der Waals surface area contributed by atoms with Gasteiger partial charge in [-0.15, -0.1) is 0 Å². The van der Waals surface area contributed by atoms with Gasteiger partial charge in [0, 0.05) is 19.1 Å². The SMILES string of the molecule is CC(C)(C)[Si](C)(C)OCCCC1CC(O)C(=O)N1. The number of rotatable bonds is 5. The maximum Gasteiger partial charge on any atom is 0.249 e. The fourth-order valence-electron chi connectivity index (χ4n) is 1.80. The molecule has 0 spiro atoms. The number of aliphatic hydroxyl groups excluding tert-OH is 1. The molecule has 18 heavy (non-hydrogen) atoms. The minimum absolute atomic E-state index is 0.121. The Morgan fingerprint density at radius 2 is 2.06 bits per heavy atom. The average Bonchev–Trinajstić information content (AvgIpc) is 2.52. The Morgan fingerprint density at radius 1 is 1.44 bits per heavy atom. The third-order valence-electron chi connectivity index (χ3n) is 4.12. The molecule has 1 amide bonds. The zero-order chi connectivity index (χ0) is 14.0. The molecule has 0 aromatic heterocycles. The van der Waals surface area contributed by atoms with Crippen molar-refractivity contribution in [3.8, 4) is 0 Å². The van der Waals surface area contributed by atoms with Crippen molar-refractivity contribution in [3.05, 3.63) is 0 Å². The van der Waals surface area contributed by atoms with E-state index in [1.807, 2.05) is 0 Å². The number of nitrogens with one attached hydrogen (secondary N) is 1. The molecule has 1 aliphatic heterocycles. The standard InChI is InChI=1S/C13H27NO3Si/c1-13(2,3)18(4,5)17-8-6-7-10-9-11(15)12(16)14-10/h10-11,15H,6-9H2,1-5H3,(H,14,16). The Bertz CT molecular complexity index is 299. The van der Waals surface area contributed by atoms with E-state index in [1.165, 1.54) is 0 Å². The number of hydrogen-bond donors (Lipinski definition) is 2. The molecule has 0 aromatic rings. The third kappa shape index (κ3) is 4.07. The molecule has 2 atom stereocenters. The van der Waals surface area contributed by atoms with Crippen LogP contribution >= 0.6 is 0 Å². The van der Waals surface area contributed by atoms with Crippen LogP contribution in [0.5, 0.6) is 0 Å². The zero-order valence-electron chi connectivity index (χ0n) is 12.2. The van der Waals surface area contributed by atoms with Crippen LogP contribution in [-0.4, -0.2) is 38.1 Å². The summed E-state index contributed by atoms with van der Waals surface area (Å²) in [5, 5.41) is 12.4. The quantitative estimate of drug-likeness (QED) is 0.595. The van der Waals surface area contributed by atoms with Gasteiger partial charge in [0.1, 0.15) is 6.10 Å². The minimum atomic E-state index is -1.65. The maximum absolute atomic E-state index is 11.1. The first-order chi connectivity index (χ1) is 8.13.